The van der Waals surface area contributed by atoms with Crippen LogP contribution in [0.3, 0.4) is 0 Å². The van der Waals surface area contributed by atoms with Gasteiger partial charge in [-0.1, -0.05) is 18.2 Å². The number of carboxylic acids is 1. The van der Waals surface area contributed by atoms with Crippen LogP contribution in [0.5, 0.6) is 0 Å². The van der Waals surface area contributed by atoms with E-state index in [1.807, 2.05) is 0 Å². The Balaban J connectivity index is 2.55. The number of hydrogen-bond acceptors (Lipinski definition) is 3. The van der Waals surface area contributed by atoms with Crippen molar-refractivity contribution in [3.8, 4) is 11.1 Å². The second-order valence-corrected chi connectivity index (χ2v) is 3.89. The zero-order chi connectivity index (χ0) is 13.1. The summed E-state index contributed by atoms with van der Waals surface area (Å²) in [6.45, 7) is 0. The topological polar surface area (TPSA) is 80.4 Å². The van der Waals surface area contributed by atoms with Crippen LogP contribution in [-0.4, -0.2) is 17.4 Å². The van der Waals surface area contributed by atoms with Gasteiger partial charge in [0, 0.05) is 11.3 Å². The first-order chi connectivity index (χ1) is 8.60. The van der Waals surface area contributed by atoms with Crippen LogP contribution in [0, 0.1) is 0 Å². The molecule has 0 atom stereocenters. The third-order valence-electron chi connectivity index (χ3n) is 2.56. The predicted octanol–water partition coefficient (Wildman–Crippen LogP) is 2.45. The molecule has 0 saturated heterocycles. The van der Waals surface area contributed by atoms with Gasteiger partial charge in [0.2, 0.25) is 0 Å². The highest BCUT2D eigenvalue weighted by Crippen LogP contribution is 2.24. The average Bonchev–Trinajstić information content (AvgIpc) is 2.38. The molecule has 2 aromatic carbocycles. The molecule has 0 unspecified atom stereocenters. The Morgan fingerprint density at radius 2 is 1.89 bits per heavy atom. The van der Waals surface area contributed by atoms with E-state index in [0.717, 1.165) is 11.8 Å². The summed E-state index contributed by atoms with van der Waals surface area (Å²) in [5.74, 6) is -1.03. The zero-order valence-electron chi connectivity index (χ0n) is 9.46. The number of aldehydes is 1. The zero-order valence-corrected chi connectivity index (χ0v) is 9.46. The minimum atomic E-state index is -1.03. The van der Waals surface area contributed by atoms with Crippen LogP contribution in [-0.2, 0) is 0 Å². The highest BCUT2D eigenvalue weighted by molar-refractivity contribution is 5.91. The number of rotatable bonds is 3. The molecule has 4 nitrogen and oxygen atoms in total. The molecule has 0 aliphatic rings. The molecule has 3 N–H and O–H groups in total. The van der Waals surface area contributed by atoms with E-state index in [9.17, 15) is 9.59 Å². The van der Waals surface area contributed by atoms with Gasteiger partial charge >= 0.3 is 5.97 Å². The number of aromatic carboxylic acids is 1. The second-order valence-electron chi connectivity index (χ2n) is 3.89. The molecular formula is C14H11NO3. The molecule has 2 aromatic rings. The van der Waals surface area contributed by atoms with Crippen LogP contribution < -0.4 is 5.73 Å². The number of anilines is 1. The van der Waals surface area contributed by atoms with E-state index in [0.29, 0.717) is 16.8 Å². The van der Waals surface area contributed by atoms with E-state index >= 15 is 0 Å². The lowest BCUT2D eigenvalue weighted by Gasteiger charge is -2.06. The normalized spacial score (nSPS) is 10.0. The van der Waals surface area contributed by atoms with Crippen LogP contribution in [0.25, 0.3) is 11.1 Å². The molecule has 0 spiro atoms. The van der Waals surface area contributed by atoms with Crippen molar-refractivity contribution in [2.75, 3.05) is 5.73 Å². The lowest BCUT2D eigenvalue weighted by molar-refractivity contribution is 0.0697. The van der Waals surface area contributed by atoms with Gasteiger partial charge in [-0.2, -0.15) is 0 Å². The van der Waals surface area contributed by atoms with Crippen molar-refractivity contribution in [2.24, 2.45) is 0 Å². The maximum absolute atomic E-state index is 10.9. The summed E-state index contributed by atoms with van der Waals surface area (Å²) in [6, 6.07) is 11.5. The number of carbonyl (C=O) groups excluding carboxylic acids is 1. The van der Waals surface area contributed by atoms with E-state index in [2.05, 4.69) is 0 Å². The van der Waals surface area contributed by atoms with Crippen LogP contribution in [0.4, 0.5) is 5.69 Å². The molecule has 0 radical (unpaired) electrons. The molecule has 0 aliphatic carbocycles. The van der Waals surface area contributed by atoms with E-state index in [1.165, 1.54) is 12.1 Å². The number of carboxylic acid groups (broad SMARTS) is 1. The largest absolute Gasteiger partial charge is 0.478 e. The molecule has 18 heavy (non-hydrogen) atoms. The molecule has 0 aliphatic heterocycles. The number of hydrogen-bond donors (Lipinski definition) is 2. The molecule has 0 saturated carbocycles. The Morgan fingerprint density at radius 3 is 2.56 bits per heavy atom. The fraction of sp³-hybridized carbons (Fsp3) is 0. The summed E-state index contributed by atoms with van der Waals surface area (Å²) >= 11 is 0. The Morgan fingerprint density at radius 1 is 1.11 bits per heavy atom. The first-order valence-corrected chi connectivity index (χ1v) is 5.29. The first-order valence-electron chi connectivity index (χ1n) is 5.29. The van der Waals surface area contributed by atoms with Gasteiger partial charge in [0.05, 0.1) is 5.56 Å². The Hall–Kier alpha value is -2.62. The van der Waals surface area contributed by atoms with Crippen LogP contribution >= 0.6 is 0 Å². The first kappa shape index (κ1) is 11.9. The summed E-state index contributed by atoms with van der Waals surface area (Å²) < 4.78 is 0. The standard InChI is InChI=1S/C14H11NO3/c15-13-6-11(5-12(7-13)14(17)18)10-3-1-2-9(4-10)8-16/h1-8H,15H2,(H,17,18). The Kier molecular flexibility index (Phi) is 3.10. The van der Waals surface area contributed by atoms with Gasteiger partial charge in [-0.25, -0.2) is 4.79 Å². The number of benzene rings is 2. The van der Waals surface area contributed by atoms with Crippen molar-refractivity contribution in [3.05, 3.63) is 53.6 Å². The molecule has 4 heteroatoms. The minimum absolute atomic E-state index is 0.126. The van der Waals surface area contributed by atoms with Gasteiger partial charge < -0.3 is 10.8 Å². The lowest BCUT2D eigenvalue weighted by Crippen LogP contribution is -1.98. The molecule has 0 amide bonds. The van der Waals surface area contributed by atoms with Crippen LogP contribution in [0.15, 0.2) is 42.5 Å². The molecule has 0 aromatic heterocycles. The Labute approximate surface area is 104 Å². The van der Waals surface area contributed by atoms with Crippen molar-refractivity contribution in [2.45, 2.75) is 0 Å². The van der Waals surface area contributed by atoms with E-state index in [-0.39, 0.29) is 5.56 Å². The molecule has 0 fully saturated rings. The van der Waals surface area contributed by atoms with E-state index in [1.54, 1.807) is 30.3 Å². The molecule has 2 rings (SSSR count). The predicted molar refractivity (Wildman–Crippen MR) is 68.6 cm³/mol. The summed E-state index contributed by atoms with van der Waals surface area (Å²) in [4.78, 5) is 21.7. The smallest absolute Gasteiger partial charge is 0.335 e. The molecule has 0 bridgehead atoms. The van der Waals surface area contributed by atoms with Gasteiger partial charge in [-0.15, -0.1) is 0 Å². The minimum Gasteiger partial charge on any atom is -0.478 e. The molecule has 0 heterocycles. The van der Waals surface area contributed by atoms with Crippen molar-refractivity contribution in [1.82, 2.24) is 0 Å². The van der Waals surface area contributed by atoms with E-state index < -0.39 is 5.97 Å². The van der Waals surface area contributed by atoms with Gasteiger partial charge in [0.1, 0.15) is 6.29 Å². The average molecular weight is 241 g/mol. The maximum Gasteiger partial charge on any atom is 0.335 e. The quantitative estimate of drug-likeness (QED) is 0.638. The number of carbonyl (C=O) groups is 2. The number of nitrogens with two attached hydrogens (primary N) is 1. The van der Waals surface area contributed by atoms with Gasteiger partial charge in [0.25, 0.3) is 0 Å². The third kappa shape index (κ3) is 2.38. The third-order valence-corrected chi connectivity index (χ3v) is 2.56. The monoisotopic (exact) mass is 241 g/mol. The SMILES string of the molecule is Nc1cc(C(=O)O)cc(-c2cccc(C=O)c2)c1. The van der Waals surface area contributed by atoms with Gasteiger partial charge in [0.15, 0.2) is 0 Å². The van der Waals surface area contributed by atoms with Gasteiger partial charge in [-0.3, -0.25) is 4.79 Å². The van der Waals surface area contributed by atoms with Crippen LogP contribution in [0.1, 0.15) is 20.7 Å². The summed E-state index contributed by atoms with van der Waals surface area (Å²) in [5, 5.41) is 8.97. The molecular weight excluding hydrogens is 230 g/mol. The molecule has 90 valence electrons. The van der Waals surface area contributed by atoms with Crippen molar-refractivity contribution < 1.29 is 14.7 Å². The lowest BCUT2D eigenvalue weighted by atomic mass is 10.0. The highest BCUT2D eigenvalue weighted by Gasteiger charge is 2.07. The highest BCUT2D eigenvalue weighted by atomic mass is 16.4. The van der Waals surface area contributed by atoms with Crippen molar-refractivity contribution in [3.63, 3.8) is 0 Å². The Bertz CT molecular complexity index is 620. The van der Waals surface area contributed by atoms with Crippen LogP contribution in [0.2, 0.25) is 0 Å². The summed E-state index contributed by atoms with van der Waals surface area (Å²) in [7, 11) is 0. The fourth-order valence-corrected chi connectivity index (χ4v) is 1.73. The van der Waals surface area contributed by atoms with Crippen molar-refractivity contribution in [1.29, 1.82) is 0 Å². The fourth-order valence-electron chi connectivity index (χ4n) is 1.73. The maximum atomic E-state index is 10.9. The second kappa shape index (κ2) is 4.71. The summed E-state index contributed by atoms with van der Waals surface area (Å²) in [6.07, 6.45) is 0.744. The van der Waals surface area contributed by atoms with Crippen molar-refractivity contribution >= 4 is 17.9 Å². The van der Waals surface area contributed by atoms with E-state index in [4.69, 9.17) is 10.8 Å². The van der Waals surface area contributed by atoms with Gasteiger partial charge in [-0.05, 0) is 35.4 Å². The summed E-state index contributed by atoms with van der Waals surface area (Å²) in [5.41, 5.74) is 8.14. The number of nitrogen functional groups attached to an aromatic ring is 1.